The van der Waals surface area contributed by atoms with Crippen molar-refractivity contribution in [3.8, 4) is 0 Å². The molecule has 2 saturated heterocycles. The third-order valence-corrected chi connectivity index (χ3v) is 4.53. The van der Waals surface area contributed by atoms with E-state index in [1.807, 2.05) is 0 Å². The number of likely N-dealkylation sites (N-methyl/N-ethyl adjacent to an activating group) is 1. The van der Waals surface area contributed by atoms with E-state index in [4.69, 9.17) is 19.2 Å². The topological polar surface area (TPSA) is 58.6 Å². The zero-order valence-electron chi connectivity index (χ0n) is 15.9. The van der Waals surface area contributed by atoms with Crippen LogP contribution in [0.2, 0.25) is 0 Å². The van der Waals surface area contributed by atoms with Crippen LogP contribution in [0.25, 0.3) is 0 Å². The molecule has 2 heterocycles. The van der Waals surface area contributed by atoms with Gasteiger partial charge in [-0.3, -0.25) is 4.99 Å². The average molecular weight is 470 g/mol. The van der Waals surface area contributed by atoms with Crippen LogP contribution in [0.4, 0.5) is 0 Å². The van der Waals surface area contributed by atoms with Crippen LogP contribution < -0.4 is 5.32 Å². The molecular formula is C17H35IN4O3. The first-order valence-electron chi connectivity index (χ1n) is 9.18. The molecule has 8 heteroatoms. The molecule has 0 aromatic carbocycles. The molecular weight excluding hydrogens is 435 g/mol. The number of aliphatic imine (C=N–C) groups is 1. The predicted molar refractivity (Wildman–Crippen MR) is 111 cm³/mol. The number of hydrogen-bond donors (Lipinski definition) is 1. The summed E-state index contributed by atoms with van der Waals surface area (Å²) in [5.41, 5.74) is 0. The zero-order chi connectivity index (χ0) is 17.2. The third-order valence-electron chi connectivity index (χ3n) is 4.53. The first kappa shape index (κ1) is 22.9. The number of morpholine rings is 1. The van der Waals surface area contributed by atoms with Crippen LogP contribution in [0.1, 0.15) is 19.8 Å². The van der Waals surface area contributed by atoms with Crippen LogP contribution in [-0.2, 0) is 14.2 Å². The highest BCUT2D eigenvalue weighted by molar-refractivity contribution is 14.0. The first-order valence-corrected chi connectivity index (χ1v) is 9.18. The van der Waals surface area contributed by atoms with Crippen LogP contribution in [0.15, 0.2) is 4.99 Å². The summed E-state index contributed by atoms with van der Waals surface area (Å²) in [5.74, 6) is 0.990. The lowest BCUT2D eigenvalue weighted by atomic mass is 10.1. The van der Waals surface area contributed by atoms with Gasteiger partial charge in [0.1, 0.15) is 6.10 Å². The largest absolute Gasteiger partial charge is 0.383 e. The Morgan fingerprint density at radius 1 is 1.28 bits per heavy atom. The fourth-order valence-electron chi connectivity index (χ4n) is 3.10. The number of halogens is 1. The number of rotatable bonds is 8. The Morgan fingerprint density at radius 2 is 2.08 bits per heavy atom. The van der Waals surface area contributed by atoms with Crippen molar-refractivity contribution in [1.29, 1.82) is 0 Å². The van der Waals surface area contributed by atoms with Crippen LogP contribution in [0.5, 0.6) is 0 Å². The second-order valence-corrected chi connectivity index (χ2v) is 6.44. The van der Waals surface area contributed by atoms with E-state index in [1.54, 1.807) is 7.11 Å². The summed E-state index contributed by atoms with van der Waals surface area (Å²) >= 11 is 0. The van der Waals surface area contributed by atoms with E-state index in [0.717, 1.165) is 77.9 Å². The van der Waals surface area contributed by atoms with E-state index in [1.165, 1.54) is 0 Å². The maximum Gasteiger partial charge on any atom is 0.194 e. The summed E-state index contributed by atoms with van der Waals surface area (Å²) in [6.07, 6.45) is 2.66. The van der Waals surface area contributed by atoms with E-state index in [0.29, 0.717) is 0 Å². The molecule has 2 rings (SSSR count). The summed E-state index contributed by atoms with van der Waals surface area (Å²) in [7, 11) is 3.84. The second kappa shape index (κ2) is 13.1. The van der Waals surface area contributed by atoms with E-state index in [-0.39, 0.29) is 36.2 Å². The van der Waals surface area contributed by atoms with Crippen molar-refractivity contribution >= 4 is 29.9 Å². The molecule has 1 N–H and O–H groups in total. The molecule has 0 saturated carbocycles. The lowest BCUT2D eigenvalue weighted by molar-refractivity contribution is -0.0817. The van der Waals surface area contributed by atoms with Crippen molar-refractivity contribution in [2.75, 3.05) is 73.2 Å². The monoisotopic (exact) mass is 470 g/mol. The van der Waals surface area contributed by atoms with Crippen molar-refractivity contribution in [2.45, 2.75) is 32.0 Å². The molecule has 7 nitrogen and oxygen atoms in total. The molecule has 148 valence electrons. The first-order chi connectivity index (χ1) is 11.7. The summed E-state index contributed by atoms with van der Waals surface area (Å²) in [5, 5.41) is 3.42. The van der Waals surface area contributed by atoms with Gasteiger partial charge in [-0.05, 0) is 26.8 Å². The Bertz CT molecular complexity index is 381. The molecule has 2 aliphatic rings. The van der Waals surface area contributed by atoms with Gasteiger partial charge in [0.2, 0.25) is 0 Å². The van der Waals surface area contributed by atoms with Gasteiger partial charge >= 0.3 is 0 Å². The highest BCUT2D eigenvalue weighted by Crippen LogP contribution is 2.21. The van der Waals surface area contributed by atoms with Gasteiger partial charge in [-0.2, -0.15) is 0 Å². The minimum absolute atomic E-state index is 0. The smallest absolute Gasteiger partial charge is 0.194 e. The summed E-state index contributed by atoms with van der Waals surface area (Å²) in [6.45, 7) is 9.73. The number of hydrogen-bond acceptors (Lipinski definition) is 5. The molecule has 0 radical (unpaired) electrons. The molecule has 25 heavy (non-hydrogen) atoms. The average Bonchev–Trinajstić information content (AvgIpc) is 3.14. The van der Waals surface area contributed by atoms with Crippen LogP contribution in [0.3, 0.4) is 0 Å². The van der Waals surface area contributed by atoms with E-state index >= 15 is 0 Å². The molecule has 2 unspecified atom stereocenters. The highest BCUT2D eigenvalue weighted by atomic mass is 127. The van der Waals surface area contributed by atoms with Crippen LogP contribution in [-0.4, -0.2) is 101 Å². The van der Waals surface area contributed by atoms with Gasteiger partial charge in [0.25, 0.3) is 0 Å². The Morgan fingerprint density at radius 3 is 2.76 bits per heavy atom. The Hall–Kier alpha value is -0.160. The van der Waals surface area contributed by atoms with Gasteiger partial charge in [0, 0.05) is 46.4 Å². The minimum Gasteiger partial charge on any atom is -0.383 e. The van der Waals surface area contributed by atoms with E-state index in [2.05, 4.69) is 29.1 Å². The van der Waals surface area contributed by atoms with Crippen molar-refractivity contribution in [2.24, 2.45) is 4.99 Å². The van der Waals surface area contributed by atoms with Crippen molar-refractivity contribution in [3.05, 3.63) is 0 Å². The number of nitrogens with zero attached hydrogens (tertiary/aromatic N) is 3. The Labute approximate surface area is 169 Å². The SMILES string of the molecule is CCNC(=NCCN(C)CCOC)N1CCOC(C2CCCO2)C1.I. The Kier molecular flexibility index (Phi) is 12.0. The molecule has 0 aromatic rings. The zero-order valence-corrected chi connectivity index (χ0v) is 18.2. The molecule has 0 spiro atoms. The molecule has 2 fully saturated rings. The molecule has 0 aliphatic carbocycles. The van der Waals surface area contributed by atoms with Crippen LogP contribution in [0, 0.1) is 0 Å². The maximum atomic E-state index is 5.94. The quantitative estimate of drug-likeness (QED) is 0.325. The number of nitrogens with one attached hydrogen (secondary N) is 1. The lowest BCUT2D eigenvalue weighted by Gasteiger charge is -2.37. The number of ether oxygens (including phenoxy) is 3. The van der Waals surface area contributed by atoms with Gasteiger partial charge in [0.05, 0.1) is 25.9 Å². The molecule has 0 aromatic heterocycles. The molecule has 2 aliphatic heterocycles. The van der Waals surface area contributed by atoms with Gasteiger partial charge in [-0.1, -0.05) is 0 Å². The second-order valence-electron chi connectivity index (χ2n) is 6.44. The summed E-state index contributed by atoms with van der Waals surface area (Å²) in [4.78, 5) is 9.35. The fraction of sp³-hybridized carbons (Fsp3) is 0.941. The van der Waals surface area contributed by atoms with Crippen molar-refractivity contribution in [1.82, 2.24) is 15.1 Å². The third kappa shape index (κ3) is 7.94. The Balaban J connectivity index is 0.00000312. The van der Waals surface area contributed by atoms with Gasteiger partial charge in [-0.25, -0.2) is 0 Å². The van der Waals surface area contributed by atoms with Crippen molar-refractivity contribution in [3.63, 3.8) is 0 Å². The normalized spacial score (nSPS) is 24.5. The molecule has 0 amide bonds. The number of guanidine groups is 1. The summed E-state index contributed by atoms with van der Waals surface area (Å²) < 4.78 is 16.8. The number of methoxy groups -OCH3 is 1. The highest BCUT2D eigenvalue weighted by Gasteiger charge is 2.32. The van der Waals surface area contributed by atoms with Gasteiger partial charge in [-0.15, -0.1) is 24.0 Å². The maximum absolute atomic E-state index is 5.94. The summed E-state index contributed by atoms with van der Waals surface area (Å²) in [6, 6.07) is 0. The predicted octanol–water partition coefficient (Wildman–Crippen LogP) is 1.03. The standard InChI is InChI=1S/C17H34N4O3.HI/c1-4-18-17(19-7-8-20(2)9-12-22-3)21-10-13-24-16(14-21)15-6-5-11-23-15;/h15-16H,4-14H2,1-3H3,(H,18,19);1H. The van der Waals surface area contributed by atoms with Gasteiger partial charge < -0.3 is 29.3 Å². The van der Waals surface area contributed by atoms with E-state index in [9.17, 15) is 0 Å². The van der Waals surface area contributed by atoms with E-state index < -0.39 is 0 Å². The van der Waals surface area contributed by atoms with Crippen LogP contribution >= 0.6 is 24.0 Å². The molecule has 2 atom stereocenters. The fourth-order valence-corrected chi connectivity index (χ4v) is 3.10. The molecule has 0 bridgehead atoms. The lowest BCUT2D eigenvalue weighted by Crippen LogP contribution is -2.53. The minimum atomic E-state index is 0. The van der Waals surface area contributed by atoms with Gasteiger partial charge in [0.15, 0.2) is 5.96 Å². The van der Waals surface area contributed by atoms with Crippen molar-refractivity contribution < 1.29 is 14.2 Å².